The summed E-state index contributed by atoms with van der Waals surface area (Å²) in [6, 6.07) is 16.6. The minimum Gasteiger partial charge on any atom is -0.497 e. The summed E-state index contributed by atoms with van der Waals surface area (Å²) < 4.78 is 20.2. The predicted molar refractivity (Wildman–Crippen MR) is 174 cm³/mol. The molecular weight excluding hydrogens is 542 g/mol. The van der Waals surface area contributed by atoms with Gasteiger partial charge < -0.3 is 28.8 Å². The molecule has 5 rings (SSSR count). The summed E-state index contributed by atoms with van der Waals surface area (Å²) in [6.45, 7) is 16.8. The average molecular weight is 586 g/mol. The molecule has 5 aromatic rings. The van der Waals surface area contributed by atoms with Crippen LogP contribution >= 0.6 is 0 Å². The Labute approximate surface area is 249 Å². The Hall–Kier alpha value is -3.82. The Balaban J connectivity index is 1.69. The van der Waals surface area contributed by atoms with Crippen molar-refractivity contribution in [2.45, 2.75) is 71.9 Å². The van der Waals surface area contributed by atoms with E-state index in [1.165, 1.54) is 0 Å². The maximum absolute atomic E-state index is 6.87. The largest absolute Gasteiger partial charge is 0.497 e. The lowest BCUT2D eigenvalue weighted by Gasteiger charge is -2.36. The van der Waals surface area contributed by atoms with E-state index in [1.54, 1.807) is 20.5 Å². The highest BCUT2D eigenvalue weighted by atomic mass is 28.4. The summed E-state index contributed by atoms with van der Waals surface area (Å²) in [5.74, 6) is 2.27. The standard InChI is InChI=1S/C33H43N5O3Si/c1-21(2)38-27(19-41-42(8,9)33(3,4)5)29(26-16-22-12-10-11-13-25(22)37-26)30-31(35-20-36-32(30)38)34-18-23-14-15-24(39-6)17-28(23)40-7/h10-17,20-21,37H,18-19H2,1-9H3,(H,34,35,36). The van der Waals surface area contributed by atoms with E-state index in [9.17, 15) is 0 Å². The minimum atomic E-state index is -2.04. The summed E-state index contributed by atoms with van der Waals surface area (Å²) in [5.41, 5.74) is 6.16. The van der Waals surface area contributed by atoms with Crippen LogP contribution in [0.2, 0.25) is 18.1 Å². The van der Waals surface area contributed by atoms with E-state index in [2.05, 4.69) is 92.9 Å². The maximum Gasteiger partial charge on any atom is 0.192 e. The molecule has 8 nitrogen and oxygen atoms in total. The van der Waals surface area contributed by atoms with Gasteiger partial charge in [-0.2, -0.15) is 0 Å². The van der Waals surface area contributed by atoms with E-state index in [-0.39, 0.29) is 11.1 Å². The van der Waals surface area contributed by atoms with Crippen molar-refractivity contribution < 1.29 is 13.9 Å². The van der Waals surface area contributed by atoms with Crippen LogP contribution in [0.25, 0.3) is 33.2 Å². The minimum absolute atomic E-state index is 0.0902. The van der Waals surface area contributed by atoms with Gasteiger partial charge in [-0.05, 0) is 56.2 Å². The molecule has 0 aliphatic heterocycles. The summed E-state index contributed by atoms with van der Waals surface area (Å²) in [5, 5.41) is 5.82. The van der Waals surface area contributed by atoms with E-state index in [1.807, 2.05) is 18.2 Å². The molecule has 0 atom stereocenters. The fraction of sp³-hybridized carbons (Fsp3) is 0.394. The molecule has 2 N–H and O–H groups in total. The van der Waals surface area contributed by atoms with Crippen LogP contribution in [-0.2, 0) is 17.6 Å². The number of methoxy groups -OCH3 is 2. The number of para-hydroxylation sites is 1. The highest BCUT2D eigenvalue weighted by Gasteiger charge is 2.38. The summed E-state index contributed by atoms with van der Waals surface area (Å²) >= 11 is 0. The first-order valence-electron chi connectivity index (χ1n) is 14.5. The number of H-pyrrole nitrogens is 1. The van der Waals surface area contributed by atoms with Crippen LogP contribution in [0.3, 0.4) is 0 Å². The number of rotatable bonds is 10. The number of aromatic nitrogens is 4. The number of fused-ring (bicyclic) bond motifs is 2. The van der Waals surface area contributed by atoms with Crippen LogP contribution in [0.15, 0.2) is 54.9 Å². The molecule has 3 heterocycles. The summed E-state index contributed by atoms with van der Waals surface area (Å²) in [4.78, 5) is 13.3. The number of aromatic amines is 1. The molecule has 3 aromatic heterocycles. The van der Waals surface area contributed by atoms with Crippen LogP contribution in [-0.4, -0.2) is 42.1 Å². The lowest BCUT2D eigenvalue weighted by Crippen LogP contribution is -2.40. The number of hydrogen-bond donors (Lipinski definition) is 2. The number of ether oxygens (including phenoxy) is 2. The molecule has 9 heteroatoms. The highest BCUT2D eigenvalue weighted by Crippen LogP contribution is 2.43. The fourth-order valence-electron chi connectivity index (χ4n) is 5.15. The molecule has 0 radical (unpaired) electrons. The summed E-state index contributed by atoms with van der Waals surface area (Å²) in [7, 11) is 1.29. The summed E-state index contributed by atoms with van der Waals surface area (Å²) in [6.07, 6.45) is 1.64. The van der Waals surface area contributed by atoms with E-state index in [0.29, 0.717) is 13.2 Å². The Bertz CT molecular complexity index is 1680. The lowest BCUT2D eigenvalue weighted by molar-refractivity contribution is 0.266. The molecule has 0 saturated heterocycles. The van der Waals surface area contributed by atoms with Gasteiger partial charge in [0.05, 0.1) is 31.9 Å². The van der Waals surface area contributed by atoms with Crippen LogP contribution in [0.4, 0.5) is 5.82 Å². The molecule has 0 unspecified atom stereocenters. The van der Waals surface area contributed by atoms with Gasteiger partial charge in [0.2, 0.25) is 0 Å². The maximum atomic E-state index is 6.87. The van der Waals surface area contributed by atoms with Gasteiger partial charge in [0.1, 0.15) is 29.3 Å². The van der Waals surface area contributed by atoms with Crippen molar-refractivity contribution in [1.29, 1.82) is 0 Å². The van der Waals surface area contributed by atoms with E-state index >= 15 is 0 Å². The van der Waals surface area contributed by atoms with Crippen LogP contribution < -0.4 is 14.8 Å². The zero-order valence-electron chi connectivity index (χ0n) is 26.3. The van der Waals surface area contributed by atoms with Crippen LogP contribution in [0.1, 0.15) is 51.9 Å². The van der Waals surface area contributed by atoms with Crippen LogP contribution in [0, 0.1) is 0 Å². The lowest BCUT2D eigenvalue weighted by atomic mass is 10.1. The first-order valence-corrected chi connectivity index (χ1v) is 17.4. The van der Waals surface area contributed by atoms with Gasteiger partial charge in [-0.25, -0.2) is 9.97 Å². The van der Waals surface area contributed by atoms with Gasteiger partial charge in [0, 0.05) is 46.4 Å². The SMILES string of the molecule is COc1ccc(CNc2ncnc3c2c(-c2cc4ccccc4[nH]2)c(CO[Si](C)(C)C(C)(C)C)n3C(C)C)c(OC)c1. The second kappa shape index (κ2) is 11.5. The molecule has 0 aliphatic carbocycles. The molecule has 42 heavy (non-hydrogen) atoms. The second-order valence-electron chi connectivity index (χ2n) is 12.6. The topological polar surface area (TPSA) is 86.2 Å². The Morgan fingerprint density at radius 1 is 1.00 bits per heavy atom. The first-order chi connectivity index (χ1) is 19.9. The normalized spacial score (nSPS) is 12.4. The van der Waals surface area contributed by atoms with Gasteiger partial charge in [-0.1, -0.05) is 39.0 Å². The van der Waals surface area contributed by atoms with Crippen molar-refractivity contribution in [1.82, 2.24) is 19.5 Å². The third-order valence-corrected chi connectivity index (χ3v) is 13.0. The van der Waals surface area contributed by atoms with Gasteiger partial charge in [-0.15, -0.1) is 0 Å². The molecule has 0 amide bonds. The van der Waals surface area contributed by atoms with E-state index in [0.717, 1.165) is 61.8 Å². The average Bonchev–Trinajstić information content (AvgIpc) is 3.53. The molecule has 0 fully saturated rings. The molecule has 0 aliphatic rings. The van der Waals surface area contributed by atoms with Crippen molar-refractivity contribution in [2.24, 2.45) is 0 Å². The van der Waals surface area contributed by atoms with Gasteiger partial charge in [-0.3, -0.25) is 0 Å². The van der Waals surface area contributed by atoms with Crippen molar-refractivity contribution >= 4 is 36.1 Å². The predicted octanol–water partition coefficient (Wildman–Crippen LogP) is 8.31. The van der Waals surface area contributed by atoms with Gasteiger partial charge in [0.15, 0.2) is 8.32 Å². The molecule has 222 valence electrons. The Kier molecular flexibility index (Phi) is 8.09. The number of anilines is 1. The Morgan fingerprint density at radius 3 is 2.43 bits per heavy atom. The van der Waals surface area contributed by atoms with E-state index < -0.39 is 8.32 Å². The van der Waals surface area contributed by atoms with E-state index in [4.69, 9.17) is 23.9 Å². The monoisotopic (exact) mass is 585 g/mol. The molecule has 0 spiro atoms. The third kappa shape index (κ3) is 5.50. The highest BCUT2D eigenvalue weighted by molar-refractivity contribution is 6.74. The van der Waals surface area contributed by atoms with Crippen molar-refractivity contribution in [3.8, 4) is 22.8 Å². The zero-order chi connectivity index (χ0) is 30.2. The van der Waals surface area contributed by atoms with Crippen LogP contribution in [0.5, 0.6) is 11.5 Å². The van der Waals surface area contributed by atoms with Gasteiger partial charge in [0.25, 0.3) is 0 Å². The quantitative estimate of drug-likeness (QED) is 0.160. The number of benzene rings is 2. The molecule has 0 saturated carbocycles. The van der Waals surface area contributed by atoms with Crippen molar-refractivity contribution in [2.75, 3.05) is 19.5 Å². The second-order valence-corrected chi connectivity index (χ2v) is 17.4. The first kappa shape index (κ1) is 29.7. The number of nitrogens with one attached hydrogen (secondary N) is 2. The molecule has 2 aromatic carbocycles. The third-order valence-electron chi connectivity index (χ3n) is 8.52. The number of hydrogen-bond acceptors (Lipinski definition) is 6. The Morgan fingerprint density at radius 2 is 1.76 bits per heavy atom. The number of nitrogens with zero attached hydrogens (tertiary/aromatic N) is 3. The molecule has 0 bridgehead atoms. The fourth-order valence-corrected chi connectivity index (χ4v) is 6.08. The van der Waals surface area contributed by atoms with Crippen molar-refractivity contribution in [3.05, 3.63) is 66.1 Å². The smallest absolute Gasteiger partial charge is 0.192 e. The van der Waals surface area contributed by atoms with Gasteiger partial charge >= 0.3 is 0 Å². The zero-order valence-corrected chi connectivity index (χ0v) is 27.3. The molecular formula is C33H43N5O3Si. The van der Waals surface area contributed by atoms with Crippen molar-refractivity contribution in [3.63, 3.8) is 0 Å².